The minimum atomic E-state index is 0.0450. The second-order valence-corrected chi connectivity index (χ2v) is 5.46. The Morgan fingerprint density at radius 1 is 1.25 bits per heavy atom. The van der Waals surface area contributed by atoms with E-state index in [9.17, 15) is 0 Å². The molecule has 0 saturated heterocycles. The zero-order valence-corrected chi connectivity index (χ0v) is 11.7. The zero-order valence-electron chi connectivity index (χ0n) is 10.9. The van der Waals surface area contributed by atoms with Crippen LogP contribution < -0.4 is 5.73 Å². The summed E-state index contributed by atoms with van der Waals surface area (Å²) in [5.74, 6) is 0.0450. The summed E-state index contributed by atoms with van der Waals surface area (Å²) >= 11 is 1.38. The lowest BCUT2D eigenvalue weighted by Gasteiger charge is -2.06. The van der Waals surface area contributed by atoms with E-state index in [-0.39, 0.29) is 5.84 Å². The predicted molar refractivity (Wildman–Crippen MR) is 80.3 cm³/mol. The monoisotopic (exact) mass is 283 g/mol. The maximum Gasteiger partial charge on any atom is 0.261 e. The van der Waals surface area contributed by atoms with Crippen molar-refractivity contribution in [2.45, 2.75) is 17.0 Å². The van der Waals surface area contributed by atoms with Crippen molar-refractivity contribution in [2.75, 3.05) is 0 Å². The van der Waals surface area contributed by atoms with Gasteiger partial charge in [0.1, 0.15) is 11.4 Å². The first-order valence-corrected chi connectivity index (χ1v) is 6.93. The van der Waals surface area contributed by atoms with Crippen LogP contribution in [0.5, 0.6) is 0 Å². The van der Waals surface area contributed by atoms with Gasteiger partial charge in [0, 0.05) is 10.5 Å². The molecule has 5 heteroatoms. The third-order valence-electron chi connectivity index (χ3n) is 2.90. The summed E-state index contributed by atoms with van der Waals surface area (Å²) in [6, 6.07) is 13.4. The molecular formula is C15H13N3OS. The van der Waals surface area contributed by atoms with Crippen LogP contribution >= 0.6 is 11.8 Å². The van der Waals surface area contributed by atoms with Crippen LogP contribution in [0.3, 0.4) is 0 Å². The van der Waals surface area contributed by atoms with E-state index in [0.29, 0.717) is 10.8 Å². The van der Waals surface area contributed by atoms with Crippen LogP contribution in [0.25, 0.3) is 11.1 Å². The van der Waals surface area contributed by atoms with Gasteiger partial charge in [0.05, 0.1) is 0 Å². The summed E-state index contributed by atoms with van der Waals surface area (Å²) in [7, 11) is 0. The summed E-state index contributed by atoms with van der Waals surface area (Å²) in [6.07, 6.45) is 0. The lowest BCUT2D eigenvalue weighted by Crippen LogP contribution is -2.12. The first-order chi connectivity index (χ1) is 9.63. The summed E-state index contributed by atoms with van der Waals surface area (Å²) in [5, 5.41) is 8.19. The van der Waals surface area contributed by atoms with Gasteiger partial charge in [0.15, 0.2) is 5.58 Å². The Labute approximate surface area is 120 Å². The number of rotatable bonds is 3. The third kappa shape index (κ3) is 2.40. The van der Waals surface area contributed by atoms with Crippen LogP contribution in [0.2, 0.25) is 0 Å². The van der Waals surface area contributed by atoms with Gasteiger partial charge in [-0.05, 0) is 48.5 Å². The smallest absolute Gasteiger partial charge is 0.261 e. The molecule has 4 nitrogen and oxygen atoms in total. The predicted octanol–water partition coefficient (Wildman–Crippen LogP) is 3.57. The molecule has 0 unspecified atom stereocenters. The first kappa shape index (κ1) is 12.7. The minimum Gasteiger partial charge on any atom is -0.431 e. The molecule has 1 aromatic heterocycles. The molecule has 0 fully saturated rings. The number of amidine groups is 1. The molecule has 0 aliphatic heterocycles. The van der Waals surface area contributed by atoms with E-state index < -0.39 is 0 Å². The Balaban J connectivity index is 2.01. The summed E-state index contributed by atoms with van der Waals surface area (Å²) in [6.45, 7) is 2.00. The number of para-hydroxylation sites is 2. The number of fused-ring (bicyclic) bond motifs is 1. The minimum absolute atomic E-state index is 0.0450. The van der Waals surface area contributed by atoms with E-state index in [2.05, 4.69) is 4.98 Å². The van der Waals surface area contributed by atoms with Crippen molar-refractivity contribution in [2.24, 2.45) is 5.73 Å². The molecule has 3 rings (SSSR count). The first-order valence-electron chi connectivity index (χ1n) is 6.12. The standard InChI is InChI=1S/C15H13N3OS/c1-9-6-7-10(14(16)17)13(8-9)20-15-18-11-4-2-3-5-12(11)19-15/h2-8H,1H3,(H3,16,17). The number of hydrogen-bond donors (Lipinski definition) is 2. The Morgan fingerprint density at radius 2 is 2.05 bits per heavy atom. The van der Waals surface area contributed by atoms with Gasteiger partial charge in [-0.25, -0.2) is 4.98 Å². The van der Waals surface area contributed by atoms with Crippen molar-refractivity contribution < 1.29 is 4.42 Å². The van der Waals surface area contributed by atoms with Crippen molar-refractivity contribution in [3.05, 3.63) is 53.6 Å². The average molecular weight is 283 g/mol. The van der Waals surface area contributed by atoms with Crippen LogP contribution in [0.4, 0.5) is 0 Å². The highest BCUT2D eigenvalue weighted by molar-refractivity contribution is 7.99. The highest BCUT2D eigenvalue weighted by Crippen LogP contribution is 2.32. The van der Waals surface area contributed by atoms with Gasteiger partial charge in [-0.2, -0.15) is 0 Å². The Morgan fingerprint density at radius 3 is 2.80 bits per heavy atom. The van der Waals surface area contributed by atoms with Gasteiger partial charge in [-0.15, -0.1) is 0 Å². The van der Waals surface area contributed by atoms with Crippen LogP contribution in [-0.4, -0.2) is 10.8 Å². The molecule has 2 aromatic carbocycles. The summed E-state index contributed by atoms with van der Waals surface area (Å²) < 4.78 is 5.69. The molecule has 0 bridgehead atoms. The number of nitrogens with two attached hydrogens (primary N) is 1. The number of aryl methyl sites for hydroxylation is 1. The highest BCUT2D eigenvalue weighted by atomic mass is 32.2. The quantitative estimate of drug-likeness (QED) is 0.569. The second kappa shape index (κ2) is 5.02. The highest BCUT2D eigenvalue weighted by Gasteiger charge is 2.12. The Bertz CT molecular complexity index is 762. The van der Waals surface area contributed by atoms with Crippen LogP contribution in [0.15, 0.2) is 57.0 Å². The molecule has 0 saturated carbocycles. The molecular weight excluding hydrogens is 270 g/mol. The number of nitrogen functional groups attached to an aromatic ring is 1. The molecule has 0 aliphatic rings. The fourth-order valence-corrected chi connectivity index (χ4v) is 2.92. The lowest BCUT2D eigenvalue weighted by atomic mass is 10.1. The zero-order chi connectivity index (χ0) is 14.1. The maximum atomic E-state index is 7.63. The molecule has 0 radical (unpaired) electrons. The topological polar surface area (TPSA) is 75.9 Å². The van der Waals surface area contributed by atoms with Crippen molar-refractivity contribution in [3.8, 4) is 0 Å². The van der Waals surface area contributed by atoms with Crippen LogP contribution in [-0.2, 0) is 0 Å². The van der Waals surface area contributed by atoms with E-state index in [1.165, 1.54) is 11.8 Å². The fourth-order valence-electron chi connectivity index (χ4n) is 1.93. The second-order valence-electron chi connectivity index (χ2n) is 4.46. The van der Waals surface area contributed by atoms with Crippen LogP contribution in [0.1, 0.15) is 11.1 Å². The lowest BCUT2D eigenvalue weighted by molar-refractivity contribution is 0.489. The number of benzene rings is 2. The Kier molecular flexibility index (Phi) is 3.20. The molecule has 0 aliphatic carbocycles. The summed E-state index contributed by atoms with van der Waals surface area (Å²) in [4.78, 5) is 5.30. The normalized spacial score (nSPS) is 10.8. The van der Waals surface area contributed by atoms with Crippen LogP contribution in [0, 0.1) is 12.3 Å². The molecule has 0 atom stereocenters. The molecule has 100 valence electrons. The third-order valence-corrected chi connectivity index (χ3v) is 3.81. The molecule has 3 aromatic rings. The van der Waals surface area contributed by atoms with E-state index in [1.807, 2.05) is 49.4 Å². The SMILES string of the molecule is Cc1ccc(C(=N)N)c(Sc2nc3ccccc3o2)c1. The Hall–Kier alpha value is -2.27. The fraction of sp³-hybridized carbons (Fsp3) is 0.0667. The molecule has 20 heavy (non-hydrogen) atoms. The van der Waals surface area contributed by atoms with Crippen molar-refractivity contribution in [1.82, 2.24) is 4.98 Å². The number of hydrogen-bond acceptors (Lipinski definition) is 4. The van der Waals surface area contributed by atoms with Gasteiger partial charge in [-0.1, -0.05) is 18.2 Å². The van der Waals surface area contributed by atoms with E-state index in [1.54, 1.807) is 0 Å². The van der Waals surface area contributed by atoms with Gasteiger partial charge in [0.25, 0.3) is 5.22 Å². The van der Waals surface area contributed by atoms with Gasteiger partial charge >= 0.3 is 0 Å². The molecule has 3 N–H and O–H groups in total. The summed E-state index contributed by atoms with van der Waals surface area (Å²) in [5.41, 5.74) is 9.00. The number of nitrogens with zero attached hydrogens (tertiary/aromatic N) is 1. The van der Waals surface area contributed by atoms with Crippen molar-refractivity contribution >= 4 is 28.7 Å². The largest absolute Gasteiger partial charge is 0.431 e. The van der Waals surface area contributed by atoms with Gasteiger partial charge in [0.2, 0.25) is 0 Å². The van der Waals surface area contributed by atoms with Gasteiger partial charge in [-0.3, -0.25) is 5.41 Å². The van der Waals surface area contributed by atoms with Crippen molar-refractivity contribution in [3.63, 3.8) is 0 Å². The van der Waals surface area contributed by atoms with Crippen molar-refractivity contribution in [1.29, 1.82) is 5.41 Å². The average Bonchev–Trinajstić information content (AvgIpc) is 2.80. The van der Waals surface area contributed by atoms with E-state index >= 15 is 0 Å². The maximum absolute atomic E-state index is 7.63. The number of aromatic nitrogens is 1. The molecule has 1 heterocycles. The number of oxazole rings is 1. The van der Waals surface area contributed by atoms with E-state index in [0.717, 1.165) is 21.6 Å². The van der Waals surface area contributed by atoms with E-state index in [4.69, 9.17) is 15.6 Å². The molecule has 0 spiro atoms. The van der Waals surface area contributed by atoms with Gasteiger partial charge < -0.3 is 10.2 Å². The number of nitrogens with one attached hydrogen (secondary N) is 1. The molecule has 0 amide bonds.